The van der Waals surface area contributed by atoms with Crippen LogP contribution >= 0.6 is 11.6 Å². The van der Waals surface area contributed by atoms with Gasteiger partial charge in [0.05, 0.1) is 41.3 Å². The number of para-hydroxylation sites is 1. The number of rotatable bonds is 9. The number of benzene rings is 1. The van der Waals surface area contributed by atoms with Gasteiger partial charge in [0.1, 0.15) is 18.2 Å². The molecule has 0 saturated carbocycles. The Morgan fingerprint density at radius 3 is 2.77 bits per heavy atom. The predicted molar refractivity (Wildman–Crippen MR) is 131 cm³/mol. The standard InChI is InChI=1S/C26H31ClN2O6/c1-5-12-28(21-15(3)8-7-9-17(21)27)24(32)22-26-11-10-18(35-26)19(25(33)34-13-6-2)20(26)23(31)29(22)16(4)14-30/h5-9,16,18-20,22,30H,1-2,10-14H2,3-4H3/t16-,18-,19+,20+,22?,26?/m1/s1. The lowest BCUT2D eigenvalue weighted by Crippen LogP contribution is -2.58. The molecule has 3 aliphatic heterocycles. The van der Waals surface area contributed by atoms with Crippen molar-refractivity contribution in [3.05, 3.63) is 54.1 Å². The minimum atomic E-state index is -1.20. The van der Waals surface area contributed by atoms with Crippen molar-refractivity contribution in [1.82, 2.24) is 4.90 Å². The van der Waals surface area contributed by atoms with Crippen LogP contribution in [0.3, 0.4) is 0 Å². The number of anilines is 1. The molecule has 1 aromatic rings. The molecule has 0 aliphatic carbocycles. The SMILES string of the molecule is C=CCOC(=O)[C@@H]1[C@H]2C(=O)N([C@H](C)CO)C(C(=O)N(CC=C)c3c(C)cccc3Cl)C23CC[C@H]1O3. The number of carbonyl (C=O) groups excluding carboxylic acids is 3. The summed E-state index contributed by atoms with van der Waals surface area (Å²) in [5, 5.41) is 10.4. The zero-order chi connectivity index (χ0) is 25.5. The summed E-state index contributed by atoms with van der Waals surface area (Å²) in [6.45, 7) is 10.7. The van der Waals surface area contributed by atoms with Crippen molar-refractivity contribution in [2.45, 2.75) is 50.5 Å². The van der Waals surface area contributed by atoms with Gasteiger partial charge in [-0.1, -0.05) is 42.5 Å². The van der Waals surface area contributed by atoms with E-state index in [1.807, 2.05) is 13.0 Å². The molecular weight excluding hydrogens is 472 g/mol. The molecule has 1 N–H and O–H groups in total. The third-order valence-corrected chi connectivity index (χ3v) is 7.67. The van der Waals surface area contributed by atoms with Gasteiger partial charge in [0.2, 0.25) is 5.91 Å². The number of carbonyl (C=O) groups is 3. The van der Waals surface area contributed by atoms with E-state index in [0.29, 0.717) is 23.6 Å². The van der Waals surface area contributed by atoms with Gasteiger partial charge in [-0.15, -0.1) is 6.58 Å². The summed E-state index contributed by atoms with van der Waals surface area (Å²) in [5.41, 5.74) is 0.113. The molecule has 3 heterocycles. The van der Waals surface area contributed by atoms with Crippen molar-refractivity contribution < 1.29 is 29.0 Å². The number of nitrogens with zero attached hydrogens (tertiary/aromatic N) is 2. The van der Waals surface area contributed by atoms with Crippen molar-refractivity contribution in [2.24, 2.45) is 11.8 Å². The van der Waals surface area contributed by atoms with Crippen LogP contribution in [-0.4, -0.2) is 71.3 Å². The molecule has 6 atom stereocenters. The summed E-state index contributed by atoms with van der Waals surface area (Å²) in [4.78, 5) is 44.0. The number of fused-ring (bicyclic) bond motifs is 1. The normalized spacial score (nSPS) is 29.6. The minimum absolute atomic E-state index is 0.0218. The fourth-order valence-corrected chi connectivity index (χ4v) is 6.29. The number of likely N-dealkylation sites (tertiary alicyclic amines) is 1. The Kier molecular flexibility index (Phi) is 7.09. The van der Waals surface area contributed by atoms with Crippen LogP contribution in [0.15, 0.2) is 43.5 Å². The first-order chi connectivity index (χ1) is 16.7. The molecular formula is C26H31ClN2O6. The largest absolute Gasteiger partial charge is 0.461 e. The average molecular weight is 503 g/mol. The Bertz CT molecular complexity index is 1040. The Morgan fingerprint density at radius 1 is 1.40 bits per heavy atom. The second-order valence-electron chi connectivity index (χ2n) is 9.39. The number of amides is 2. The number of ether oxygens (including phenoxy) is 2. The first-order valence-corrected chi connectivity index (χ1v) is 12.2. The molecule has 9 heteroatoms. The van der Waals surface area contributed by atoms with E-state index in [2.05, 4.69) is 13.2 Å². The number of esters is 1. The van der Waals surface area contributed by atoms with Crippen LogP contribution in [0.2, 0.25) is 5.02 Å². The second-order valence-corrected chi connectivity index (χ2v) is 9.80. The number of halogens is 1. The monoisotopic (exact) mass is 502 g/mol. The molecule has 188 valence electrons. The van der Waals surface area contributed by atoms with E-state index in [9.17, 15) is 19.5 Å². The molecule has 2 unspecified atom stereocenters. The molecule has 3 saturated heterocycles. The number of aliphatic hydroxyl groups excluding tert-OH is 1. The van der Waals surface area contributed by atoms with Crippen LogP contribution in [0, 0.1) is 18.8 Å². The number of hydrogen-bond donors (Lipinski definition) is 1. The summed E-state index contributed by atoms with van der Waals surface area (Å²) < 4.78 is 11.7. The second kappa shape index (κ2) is 9.76. The molecule has 1 spiro atoms. The van der Waals surface area contributed by atoms with Crippen molar-refractivity contribution >= 4 is 35.1 Å². The maximum atomic E-state index is 14.3. The Hall–Kier alpha value is -2.68. The number of hydrogen-bond acceptors (Lipinski definition) is 6. The fourth-order valence-electron chi connectivity index (χ4n) is 5.97. The maximum Gasteiger partial charge on any atom is 0.312 e. The fraction of sp³-hybridized carbons (Fsp3) is 0.500. The van der Waals surface area contributed by atoms with Gasteiger partial charge in [-0.05, 0) is 38.3 Å². The summed E-state index contributed by atoms with van der Waals surface area (Å²) in [6, 6.07) is 3.64. The number of aryl methyl sites for hydroxylation is 1. The van der Waals surface area contributed by atoms with Crippen molar-refractivity contribution in [3.8, 4) is 0 Å². The molecule has 8 nitrogen and oxygen atoms in total. The molecule has 35 heavy (non-hydrogen) atoms. The quantitative estimate of drug-likeness (QED) is 0.412. The molecule has 4 rings (SSSR count). The molecule has 3 fully saturated rings. The van der Waals surface area contributed by atoms with Crippen LogP contribution in [0.1, 0.15) is 25.3 Å². The minimum Gasteiger partial charge on any atom is -0.461 e. The summed E-state index contributed by atoms with van der Waals surface area (Å²) in [5.74, 6) is -3.01. The lowest BCUT2D eigenvalue weighted by atomic mass is 9.70. The van der Waals surface area contributed by atoms with Gasteiger partial charge < -0.3 is 24.4 Å². The van der Waals surface area contributed by atoms with E-state index in [1.54, 1.807) is 25.1 Å². The van der Waals surface area contributed by atoms with Gasteiger partial charge in [-0.25, -0.2) is 0 Å². The summed E-state index contributed by atoms with van der Waals surface area (Å²) in [7, 11) is 0. The highest BCUT2D eigenvalue weighted by molar-refractivity contribution is 6.34. The van der Waals surface area contributed by atoms with Crippen LogP contribution in [0.25, 0.3) is 0 Å². The highest BCUT2D eigenvalue weighted by Crippen LogP contribution is 2.59. The van der Waals surface area contributed by atoms with Gasteiger partial charge in [0.25, 0.3) is 5.91 Å². The van der Waals surface area contributed by atoms with E-state index in [1.165, 1.54) is 15.9 Å². The first kappa shape index (κ1) is 25.4. The van der Waals surface area contributed by atoms with Gasteiger partial charge in [-0.3, -0.25) is 14.4 Å². The maximum absolute atomic E-state index is 14.3. The highest BCUT2D eigenvalue weighted by atomic mass is 35.5. The number of aliphatic hydroxyl groups is 1. The first-order valence-electron chi connectivity index (χ1n) is 11.8. The van der Waals surface area contributed by atoms with Crippen LogP contribution in [-0.2, 0) is 23.9 Å². The van der Waals surface area contributed by atoms with Gasteiger partial charge in [0.15, 0.2) is 0 Å². The van der Waals surface area contributed by atoms with Crippen LogP contribution in [0.5, 0.6) is 0 Å². The van der Waals surface area contributed by atoms with Crippen LogP contribution < -0.4 is 4.90 Å². The van der Waals surface area contributed by atoms with E-state index in [4.69, 9.17) is 21.1 Å². The van der Waals surface area contributed by atoms with Crippen LogP contribution in [0.4, 0.5) is 5.69 Å². The molecule has 3 aliphatic rings. The Labute approximate surface area is 210 Å². The van der Waals surface area contributed by atoms with Crippen molar-refractivity contribution in [2.75, 3.05) is 24.7 Å². The molecule has 0 aromatic heterocycles. The smallest absolute Gasteiger partial charge is 0.312 e. The third kappa shape index (κ3) is 3.88. The zero-order valence-electron chi connectivity index (χ0n) is 20.0. The van der Waals surface area contributed by atoms with Crippen molar-refractivity contribution in [3.63, 3.8) is 0 Å². The average Bonchev–Trinajstić information content (AvgIpc) is 3.48. The molecule has 2 amide bonds. The highest BCUT2D eigenvalue weighted by Gasteiger charge is 2.75. The Morgan fingerprint density at radius 2 is 2.14 bits per heavy atom. The topological polar surface area (TPSA) is 96.4 Å². The zero-order valence-corrected chi connectivity index (χ0v) is 20.7. The van der Waals surface area contributed by atoms with E-state index in [0.717, 1.165) is 5.56 Å². The summed E-state index contributed by atoms with van der Waals surface area (Å²) >= 11 is 6.52. The molecule has 1 aromatic carbocycles. The predicted octanol–water partition coefficient (Wildman–Crippen LogP) is 2.65. The van der Waals surface area contributed by atoms with E-state index >= 15 is 0 Å². The lowest BCUT2D eigenvalue weighted by molar-refractivity contribution is -0.154. The third-order valence-electron chi connectivity index (χ3n) is 7.36. The lowest BCUT2D eigenvalue weighted by Gasteiger charge is -2.39. The van der Waals surface area contributed by atoms with Gasteiger partial charge >= 0.3 is 5.97 Å². The molecule has 0 radical (unpaired) electrons. The van der Waals surface area contributed by atoms with Gasteiger partial charge in [-0.2, -0.15) is 0 Å². The Balaban J connectivity index is 1.81. The van der Waals surface area contributed by atoms with Crippen molar-refractivity contribution in [1.29, 1.82) is 0 Å². The van der Waals surface area contributed by atoms with Gasteiger partial charge in [0, 0.05) is 6.54 Å². The van der Waals surface area contributed by atoms with E-state index in [-0.39, 0.29) is 25.7 Å². The summed E-state index contributed by atoms with van der Waals surface area (Å²) in [6.07, 6.45) is 3.50. The molecule has 2 bridgehead atoms. The van der Waals surface area contributed by atoms with E-state index < -0.39 is 47.5 Å².